The Hall–Kier alpha value is -2.56. The Morgan fingerprint density at radius 3 is 2.65 bits per heavy atom. The van der Waals surface area contributed by atoms with Crippen LogP contribution in [0.4, 0.5) is 5.82 Å². The van der Waals surface area contributed by atoms with Gasteiger partial charge in [0.2, 0.25) is 5.91 Å². The number of piperazine rings is 1. The molecular weight excluding hydrogens is 326 g/mol. The van der Waals surface area contributed by atoms with Crippen molar-refractivity contribution in [3.05, 3.63) is 54.2 Å². The second-order valence-corrected chi connectivity index (χ2v) is 6.68. The smallest absolute Gasteiger partial charge is 0.222 e. The minimum absolute atomic E-state index is 0.251. The fourth-order valence-electron chi connectivity index (χ4n) is 3.16. The topological polar surface area (TPSA) is 45.7 Å². The number of carbonyl (C=O) groups excluding carboxylic acids is 1. The van der Waals surface area contributed by atoms with Crippen LogP contribution >= 0.6 is 0 Å². The van der Waals surface area contributed by atoms with E-state index in [4.69, 9.17) is 4.74 Å². The Bertz CT molecular complexity index is 697. The molecule has 5 nitrogen and oxygen atoms in total. The van der Waals surface area contributed by atoms with Crippen LogP contribution in [0.1, 0.15) is 24.8 Å². The summed E-state index contributed by atoms with van der Waals surface area (Å²) in [6.07, 6.45) is 4.17. The summed E-state index contributed by atoms with van der Waals surface area (Å²) in [5.41, 5.74) is 1.20. The molecule has 0 radical (unpaired) electrons. The van der Waals surface area contributed by atoms with E-state index >= 15 is 0 Å². The number of aromatic nitrogens is 1. The molecule has 2 heterocycles. The number of pyridine rings is 1. The highest BCUT2D eigenvalue weighted by atomic mass is 16.5. The normalized spacial score (nSPS) is 14.3. The lowest BCUT2D eigenvalue weighted by Gasteiger charge is -2.35. The predicted octanol–water partition coefficient (Wildman–Crippen LogP) is 3.29. The molecule has 0 spiro atoms. The van der Waals surface area contributed by atoms with E-state index in [0.29, 0.717) is 13.0 Å². The molecule has 1 aromatic carbocycles. The lowest BCUT2D eigenvalue weighted by Crippen LogP contribution is -2.49. The van der Waals surface area contributed by atoms with Crippen molar-refractivity contribution in [3.63, 3.8) is 0 Å². The average Bonchev–Trinajstić information content (AvgIpc) is 2.68. The van der Waals surface area contributed by atoms with E-state index in [1.807, 2.05) is 47.5 Å². The molecule has 1 fully saturated rings. The lowest BCUT2D eigenvalue weighted by atomic mass is 10.2. The number of ether oxygens (including phenoxy) is 1. The van der Waals surface area contributed by atoms with Gasteiger partial charge < -0.3 is 14.5 Å². The van der Waals surface area contributed by atoms with Gasteiger partial charge in [0.25, 0.3) is 0 Å². The van der Waals surface area contributed by atoms with Gasteiger partial charge in [-0.1, -0.05) is 18.2 Å². The van der Waals surface area contributed by atoms with Crippen LogP contribution in [0.2, 0.25) is 0 Å². The second kappa shape index (κ2) is 9.22. The maximum Gasteiger partial charge on any atom is 0.222 e. The van der Waals surface area contributed by atoms with Gasteiger partial charge in [0.1, 0.15) is 11.6 Å². The number of hydrogen-bond donors (Lipinski definition) is 0. The highest BCUT2D eigenvalue weighted by Crippen LogP contribution is 2.15. The number of aryl methyl sites for hydroxylation is 1. The zero-order valence-electron chi connectivity index (χ0n) is 15.4. The van der Waals surface area contributed by atoms with Gasteiger partial charge >= 0.3 is 0 Å². The first-order valence-electron chi connectivity index (χ1n) is 9.35. The van der Waals surface area contributed by atoms with Gasteiger partial charge in [0, 0.05) is 38.8 Å². The summed E-state index contributed by atoms with van der Waals surface area (Å²) < 4.78 is 5.74. The minimum atomic E-state index is 0.251. The van der Waals surface area contributed by atoms with Gasteiger partial charge in [0.05, 0.1) is 6.61 Å². The molecular formula is C21H27N3O2. The summed E-state index contributed by atoms with van der Waals surface area (Å²) in [7, 11) is 0. The molecule has 1 amide bonds. The second-order valence-electron chi connectivity index (χ2n) is 6.68. The number of carbonyl (C=O) groups is 1. The van der Waals surface area contributed by atoms with Crippen molar-refractivity contribution in [2.75, 3.05) is 37.7 Å². The summed E-state index contributed by atoms with van der Waals surface area (Å²) >= 11 is 0. The van der Waals surface area contributed by atoms with Gasteiger partial charge in [-0.05, 0) is 49.6 Å². The summed E-state index contributed by atoms with van der Waals surface area (Å²) in [4.78, 5) is 21.0. The van der Waals surface area contributed by atoms with Gasteiger partial charge in [-0.3, -0.25) is 4.79 Å². The van der Waals surface area contributed by atoms with Crippen molar-refractivity contribution in [2.45, 2.75) is 26.2 Å². The molecule has 1 saturated heterocycles. The zero-order valence-corrected chi connectivity index (χ0v) is 15.4. The van der Waals surface area contributed by atoms with Crippen LogP contribution in [0.3, 0.4) is 0 Å². The van der Waals surface area contributed by atoms with Crippen LogP contribution < -0.4 is 9.64 Å². The Morgan fingerprint density at radius 2 is 1.92 bits per heavy atom. The molecule has 5 heteroatoms. The third-order valence-corrected chi connectivity index (χ3v) is 4.65. The first-order valence-corrected chi connectivity index (χ1v) is 9.35. The van der Waals surface area contributed by atoms with Crippen molar-refractivity contribution >= 4 is 11.7 Å². The zero-order chi connectivity index (χ0) is 18.2. The summed E-state index contributed by atoms with van der Waals surface area (Å²) in [5.74, 6) is 2.15. The summed E-state index contributed by atoms with van der Waals surface area (Å²) in [6, 6.07) is 14.0. The van der Waals surface area contributed by atoms with Crippen LogP contribution in [0.5, 0.6) is 5.75 Å². The number of nitrogens with zero attached hydrogens (tertiary/aromatic N) is 3. The first-order chi connectivity index (χ1) is 12.7. The van der Waals surface area contributed by atoms with E-state index in [1.165, 1.54) is 5.56 Å². The van der Waals surface area contributed by atoms with Crippen LogP contribution in [-0.2, 0) is 4.79 Å². The van der Waals surface area contributed by atoms with Crippen molar-refractivity contribution in [3.8, 4) is 5.75 Å². The Labute approximate surface area is 155 Å². The highest BCUT2D eigenvalue weighted by molar-refractivity contribution is 5.76. The van der Waals surface area contributed by atoms with E-state index in [-0.39, 0.29) is 5.91 Å². The van der Waals surface area contributed by atoms with Crippen molar-refractivity contribution in [2.24, 2.45) is 0 Å². The molecule has 2 aromatic rings. The van der Waals surface area contributed by atoms with Gasteiger partial charge in [-0.15, -0.1) is 0 Å². The Balaban J connectivity index is 1.32. The Morgan fingerprint density at radius 1 is 1.08 bits per heavy atom. The largest absolute Gasteiger partial charge is 0.494 e. The van der Waals surface area contributed by atoms with E-state index in [0.717, 1.165) is 50.6 Å². The molecule has 0 N–H and O–H groups in total. The molecule has 1 aliphatic heterocycles. The molecule has 0 saturated carbocycles. The molecule has 1 aromatic heterocycles. The van der Waals surface area contributed by atoms with E-state index in [9.17, 15) is 4.79 Å². The molecule has 1 aliphatic rings. The van der Waals surface area contributed by atoms with Crippen LogP contribution in [0.25, 0.3) is 0 Å². The van der Waals surface area contributed by atoms with Crippen LogP contribution in [-0.4, -0.2) is 48.6 Å². The maximum absolute atomic E-state index is 12.4. The third-order valence-electron chi connectivity index (χ3n) is 4.65. The number of hydrogen-bond acceptors (Lipinski definition) is 4. The maximum atomic E-state index is 12.4. The molecule has 26 heavy (non-hydrogen) atoms. The van der Waals surface area contributed by atoms with Gasteiger partial charge in [0.15, 0.2) is 0 Å². The SMILES string of the molecule is Cc1cccc(OCCCCC(=O)N2CCN(c3ccccn3)CC2)c1. The molecule has 0 unspecified atom stereocenters. The minimum Gasteiger partial charge on any atom is -0.494 e. The number of rotatable bonds is 7. The van der Waals surface area contributed by atoms with Crippen LogP contribution in [0, 0.1) is 6.92 Å². The van der Waals surface area contributed by atoms with E-state index in [1.54, 1.807) is 0 Å². The van der Waals surface area contributed by atoms with Gasteiger partial charge in [-0.25, -0.2) is 4.98 Å². The number of unbranched alkanes of at least 4 members (excludes halogenated alkanes) is 1. The van der Waals surface area contributed by atoms with E-state index in [2.05, 4.69) is 22.9 Å². The van der Waals surface area contributed by atoms with Crippen molar-refractivity contribution in [1.29, 1.82) is 0 Å². The number of amides is 1. The molecule has 0 atom stereocenters. The Kier molecular flexibility index (Phi) is 6.47. The fraction of sp³-hybridized carbons (Fsp3) is 0.429. The van der Waals surface area contributed by atoms with Gasteiger partial charge in [-0.2, -0.15) is 0 Å². The monoisotopic (exact) mass is 353 g/mol. The highest BCUT2D eigenvalue weighted by Gasteiger charge is 2.21. The summed E-state index contributed by atoms with van der Waals surface area (Å²) in [6.45, 7) is 5.95. The predicted molar refractivity (Wildman–Crippen MR) is 104 cm³/mol. The van der Waals surface area contributed by atoms with E-state index < -0.39 is 0 Å². The summed E-state index contributed by atoms with van der Waals surface area (Å²) in [5, 5.41) is 0. The standard InChI is InChI=1S/C21H27N3O2/c1-18-7-6-8-19(17-18)26-16-5-3-10-21(25)24-14-12-23(13-15-24)20-9-2-4-11-22-20/h2,4,6-9,11,17H,3,5,10,12-16H2,1H3. The van der Waals surface area contributed by atoms with Crippen LogP contribution in [0.15, 0.2) is 48.7 Å². The third kappa shape index (κ3) is 5.22. The fourth-order valence-corrected chi connectivity index (χ4v) is 3.16. The molecule has 0 bridgehead atoms. The quantitative estimate of drug-likeness (QED) is 0.717. The average molecular weight is 353 g/mol. The molecule has 138 valence electrons. The van der Waals surface area contributed by atoms with Crippen molar-refractivity contribution in [1.82, 2.24) is 9.88 Å². The number of anilines is 1. The lowest BCUT2D eigenvalue weighted by molar-refractivity contribution is -0.131. The van der Waals surface area contributed by atoms with Crippen molar-refractivity contribution < 1.29 is 9.53 Å². The molecule has 3 rings (SSSR count). The number of benzene rings is 1. The first kappa shape index (κ1) is 18.2. The molecule has 0 aliphatic carbocycles.